The molecule has 2 aromatic heterocycles. The molecular formula is C16H14F3N5O. The van der Waals surface area contributed by atoms with Gasteiger partial charge < -0.3 is 10.3 Å². The summed E-state index contributed by atoms with van der Waals surface area (Å²) in [6.07, 6.45) is -4.00. The molecule has 2 heterocycles. The summed E-state index contributed by atoms with van der Waals surface area (Å²) in [4.78, 5) is 26.9. The Morgan fingerprint density at radius 3 is 2.72 bits per heavy atom. The van der Waals surface area contributed by atoms with Crippen LogP contribution in [0.5, 0.6) is 0 Å². The van der Waals surface area contributed by atoms with Gasteiger partial charge >= 0.3 is 6.18 Å². The maximum atomic E-state index is 12.3. The van der Waals surface area contributed by atoms with E-state index in [1.807, 2.05) is 0 Å². The van der Waals surface area contributed by atoms with E-state index < -0.39 is 12.6 Å². The van der Waals surface area contributed by atoms with Crippen molar-refractivity contribution in [3.63, 3.8) is 0 Å². The third-order valence-electron chi connectivity index (χ3n) is 3.45. The number of aromatic nitrogens is 4. The molecule has 0 amide bonds. The van der Waals surface area contributed by atoms with Crippen LogP contribution in [-0.2, 0) is 13.0 Å². The van der Waals surface area contributed by atoms with Crippen LogP contribution in [0.3, 0.4) is 0 Å². The van der Waals surface area contributed by atoms with E-state index >= 15 is 0 Å². The number of hydrogen-bond donors (Lipinski definition) is 2. The van der Waals surface area contributed by atoms with E-state index in [1.165, 1.54) is 12.3 Å². The molecule has 0 saturated carbocycles. The molecule has 130 valence electrons. The number of nitrogens with zero attached hydrogens (tertiary/aromatic N) is 3. The van der Waals surface area contributed by atoms with Crippen LogP contribution in [0.4, 0.5) is 19.1 Å². The molecule has 0 atom stereocenters. The smallest absolute Gasteiger partial charge is 0.347 e. The van der Waals surface area contributed by atoms with Crippen molar-refractivity contribution < 1.29 is 13.2 Å². The van der Waals surface area contributed by atoms with Crippen molar-refractivity contribution in [3.05, 3.63) is 58.4 Å². The summed E-state index contributed by atoms with van der Waals surface area (Å²) < 4.78 is 36.8. The molecule has 0 spiro atoms. The highest BCUT2D eigenvalue weighted by molar-refractivity contribution is 5.77. The molecular weight excluding hydrogens is 335 g/mol. The largest absolute Gasteiger partial charge is 0.389 e. The zero-order valence-corrected chi connectivity index (χ0v) is 13.0. The fourth-order valence-electron chi connectivity index (χ4n) is 2.27. The minimum absolute atomic E-state index is 0.142. The van der Waals surface area contributed by atoms with E-state index in [4.69, 9.17) is 0 Å². The van der Waals surface area contributed by atoms with Gasteiger partial charge in [0.2, 0.25) is 5.95 Å². The zero-order valence-electron chi connectivity index (χ0n) is 13.0. The monoisotopic (exact) mass is 349 g/mol. The number of H-pyrrole nitrogens is 1. The summed E-state index contributed by atoms with van der Waals surface area (Å²) in [5.41, 5.74) is 0.583. The molecule has 3 rings (SSSR count). The quantitative estimate of drug-likeness (QED) is 0.740. The van der Waals surface area contributed by atoms with Crippen molar-refractivity contribution in [2.24, 2.45) is 0 Å². The summed E-state index contributed by atoms with van der Waals surface area (Å²) in [6, 6.07) is 8.36. The van der Waals surface area contributed by atoms with E-state index in [0.29, 0.717) is 16.7 Å². The summed E-state index contributed by atoms with van der Waals surface area (Å²) in [5, 5.41) is 3.34. The Balaban J connectivity index is 1.70. The first-order valence-electron chi connectivity index (χ1n) is 7.51. The van der Waals surface area contributed by atoms with E-state index in [-0.39, 0.29) is 30.2 Å². The Morgan fingerprint density at radius 2 is 1.92 bits per heavy atom. The van der Waals surface area contributed by atoms with Crippen LogP contribution in [0.2, 0.25) is 0 Å². The number of hydrogen-bond acceptors (Lipinski definition) is 5. The standard InChI is InChI=1S/C16H14F3N5O/c17-16(18,19)7-5-10-6-8-20-15(22-10)21-9-13-23-12-4-2-1-3-11(12)14(25)24-13/h1-4,6,8H,5,7,9H2,(H,20,21,22)(H,23,24,25). The van der Waals surface area contributed by atoms with Crippen LogP contribution in [0.1, 0.15) is 17.9 Å². The van der Waals surface area contributed by atoms with Crippen LogP contribution >= 0.6 is 0 Å². The topological polar surface area (TPSA) is 83.6 Å². The van der Waals surface area contributed by atoms with E-state index in [1.54, 1.807) is 24.3 Å². The molecule has 0 aliphatic heterocycles. The molecule has 3 aromatic rings. The Labute approximate surface area is 140 Å². The highest BCUT2D eigenvalue weighted by atomic mass is 19.4. The third-order valence-corrected chi connectivity index (χ3v) is 3.45. The van der Waals surface area contributed by atoms with E-state index in [2.05, 4.69) is 25.3 Å². The molecule has 0 saturated heterocycles. The second-order valence-corrected chi connectivity index (χ2v) is 5.37. The predicted octanol–water partition coefficient (Wildman–Crippen LogP) is 2.82. The van der Waals surface area contributed by atoms with Gasteiger partial charge in [0, 0.05) is 18.3 Å². The molecule has 0 fully saturated rings. The normalized spacial score (nSPS) is 11.6. The number of para-hydroxylation sites is 1. The SMILES string of the molecule is O=c1[nH]c(CNc2nccc(CCC(F)(F)F)n2)nc2ccccc12. The molecule has 9 heteroatoms. The second kappa shape index (κ2) is 6.88. The van der Waals surface area contributed by atoms with Crippen molar-refractivity contribution in [2.45, 2.75) is 25.6 Å². The number of alkyl halides is 3. The Hall–Kier alpha value is -2.97. The average Bonchev–Trinajstić information content (AvgIpc) is 2.58. The Bertz CT molecular complexity index is 939. The van der Waals surface area contributed by atoms with Crippen LogP contribution in [-0.4, -0.2) is 26.1 Å². The van der Waals surface area contributed by atoms with Gasteiger partial charge in [-0.05, 0) is 24.6 Å². The lowest BCUT2D eigenvalue weighted by Gasteiger charge is -2.08. The van der Waals surface area contributed by atoms with Crippen molar-refractivity contribution in [3.8, 4) is 0 Å². The lowest BCUT2D eigenvalue weighted by molar-refractivity contribution is -0.134. The molecule has 0 aliphatic carbocycles. The molecule has 0 radical (unpaired) electrons. The fourth-order valence-corrected chi connectivity index (χ4v) is 2.27. The number of rotatable bonds is 5. The number of anilines is 1. The van der Waals surface area contributed by atoms with Gasteiger partial charge in [0.1, 0.15) is 5.82 Å². The number of nitrogens with one attached hydrogen (secondary N) is 2. The van der Waals surface area contributed by atoms with Gasteiger partial charge in [0.25, 0.3) is 5.56 Å². The summed E-state index contributed by atoms with van der Waals surface area (Å²) >= 11 is 0. The van der Waals surface area contributed by atoms with E-state index in [9.17, 15) is 18.0 Å². The number of benzene rings is 1. The van der Waals surface area contributed by atoms with Crippen molar-refractivity contribution >= 4 is 16.9 Å². The number of halogens is 3. The first-order valence-corrected chi connectivity index (χ1v) is 7.51. The summed E-state index contributed by atoms with van der Waals surface area (Å²) in [6.45, 7) is 0.142. The van der Waals surface area contributed by atoms with Gasteiger partial charge in [0.05, 0.1) is 17.4 Å². The molecule has 1 aromatic carbocycles. The first-order chi connectivity index (χ1) is 11.9. The van der Waals surface area contributed by atoms with Crippen LogP contribution in [0.15, 0.2) is 41.3 Å². The highest BCUT2D eigenvalue weighted by Gasteiger charge is 2.26. The first kappa shape index (κ1) is 16.9. The molecule has 0 aliphatic rings. The average molecular weight is 349 g/mol. The number of aryl methyl sites for hydroxylation is 1. The molecule has 0 unspecified atom stereocenters. The minimum atomic E-state index is -4.23. The van der Waals surface area contributed by atoms with Gasteiger partial charge in [-0.2, -0.15) is 13.2 Å². The highest BCUT2D eigenvalue weighted by Crippen LogP contribution is 2.21. The molecule has 0 bridgehead atoms. The minimum Gasteiger partial charge on any atom is -0.347 e. The van der Waals surface area contributed by atoms with E-state index in [0.717, 1.165) is 0 Å². The van der Waals surface area contributed by atoms with Crippen molar-refractivity contribution in [2.75, 3.05) is 5.32 Å². The van der Waals surface area contributed by atoms with Gasteiger partial charge in [-0.3, -0.25) is 4.79 Å². The zero-order chi connectivity index (χ0) is 17.9. The second-order valence-electron chi connectivity index (χ2n) is 5.37. The summed E-state index contributed by atoms with van der Waals surface area (Å²) in [5.74, 6) is 0.559. The Kier molecular flexibility index (Phi) is 4.64. The van der Waals surface area contributed by atoms with Crippen molar-refractivity contribution in [1.29, 1.82) is 0 Å². The number of aromatic amines is 1. The van der Waals surface area contributed by atoms with Crippen LogP contribution < -0.4 is 10.9 Å². The van der Waals surface area contributed by atoms with Gasteiger partial charge in [0.15, 0.2) is 0 Å². The lowest BCUT2D eigenvalue weighted by Crippen LogP contribution is -2.15. The van der Waals surface area contributed by atoms with Crippen molar-refractivity contribution in [1.82, 2.24) is 19.9 Å². The summed E-state index contributed by atoms with van der Waals surface area (Å²) in [7, 11) is 0. The molecule has 6 nitrogen and oxygen atoms in total. The molecule has 25 heavy (non-hydrogen) atoms. The predicted molar refractivity (Wildman–Crippen MR) is 86.1 cm³/mol. The van der Waals surface area contributed by atoms with Crippen LogP contribution in [0, 0.1) is 0 Å². The Morgan fingerprint density at radius 1 is 1.12 bits per heavy atom. The van der Waals surface area contributed by atoms with Crippen LogP contribution in [0.25, 0.3) is 10.9 Å². The van der Waals surface area contributed by atoms with Gasteiger partial charge in [-0.25, -0.2) is 15.0 Å². The number of fused-ring (bicyclic) bond motifs is 1. The fraction of sp³-hybridized carbons (Fsp3) is 0.250. The molecule has 2 N–H and O–H groups in total. The maximum Gasteiger partial charge on any atom is 0.389 e. The van der Waals surface area contributed by atoms with Gasteiger partial charge in [-0.15, -0.1) is 0 Å². The maximum absolute atomic E-state index is 12.3. The third kappa shape index (κ3) is 4.52. The lowest BCUT2D eigenvalue weighted by atomic mass is 10.2. The van der Waals surface area contributed by atoms with Gasteiger partial charge in [-0.1, -0.05) is 12.1 Å².